The standard InChI is InChI=1S/C24H26FNO5/c1-5-19-22(24(28)31-4)17(16-10-8-12-20(29-2)23(16)30-3)13-21(27)26(19)14-15-9-6-7-11-18(15)25/h6-12,17H,5,13-14H2,1-4H3. The zero-order valence-corrected chi connectivity index (χ0v) is 18.1. The Morgan fingerprint density at radius 2 is 1.84 bits per heavy atom. The van der Waals surface area contributed by atoms with Crippen molar-refractivity contribution in [3.05, 3.63) is 70.7 Å². The van der Waals surface area contributed by atoms with Crippen molar-refractivity contribution in [3.63, 3.8) is 0 Å². The van der Waals surface area contributed by atoms with Crippen LogP contribution in [0.15, 0.2) is 53.7 Å². The molecule has 164 valence electrons. The molecule has 0 bridgehead atoms. The zero-order valence-electron chi connectivity index (χ0n) is 18.1. The third-order valence-corrected chi connectivity index (χ3v) is 5.50. The van der Waals surface area contributed by atoms with Gasteiger partial charge in [-0.3, -0.25) is 4.79 Å². The molecule has 1 unspecified atom stereocenters. The molecule has 2 aromatic carbocycles. The Morgan fingerprint density at radius 3 is 2.45 bits per heavy atom. The Bertz CT molecular complexity index is 1020. The van der Waals surface area contributed by atoms with Crippen LogP contribution in [0, 0.1) is 5.82 Å². The molecule has 1 aliphatic rings. The second-order valence-electron chi connectivity index (χ2n) is 7.12. The van der Waals surface area contributed by atoms with E-state index in [2.05, 4.69) is 0 Å². The molecular formula is C24H26FNO5. The highest BCUT2D eigenvalue weighted by atomic mass is 19.1. The fourth-order valence-electron chi connectivity index (χ4n) is 4.07. The molecule has 0 radical (unpaired) electrons. The molecule has 0 fully saturated rings. The van der Waals surface area contributed by atoms with Crippen LogP contribution in [0.25, 0.3) is 0 Å². The molecule has 1 aliphatic heterocycles. The summed E-state index contributed by atoms with van der Waals surface area (Å²) in [7, 11) is 4.34. The van der Waals surface area contributed by atoms with E-state index in [1.165, 1.54) is 32.3 Å². The number of hydrogen-bond donors (Lipinski definition) is 0. The maximum atomic E-state index is 14.3. The van der Waals surface area contributed by atoms with Gasteiger partial charge in [0.25, 0.3) is 0 Å². The van der Waals surface area contributed by atoms with Gasteiger partial charge < -0.3 is 19.1 Å². The summed E-state index contributed by atoms with van der Waals surface area (Å²) in [4.78, 5) is 27.6. The van der Waals surface area contributed by atoms with E-state index >= 15 is 0 Å². The smallest absolute Gasteiger partial charge is 0.336 e. The minimum atomic E-state index is -0.572. The fraction of sp³-hybridized carbons (Fsp3) is 0.333. The second kappa shape index (κ2) is 9.64. The van der Waals surface area contributed by atoms with Gasteiger partial charge in [0.15, 0.2) is 11.5 Å². The quantitative estimate of drug-likeness (QED) is 0.620. The number of carbonyl (C=O) groups is 2. The van der Waals surface area contributed by atoms with Crippen LogP contribution in [0.2, 0.25) is 0 Å². The third-order valence-electron chi connectivity index (χ3n) is 5.50. The lowest BCUT2D eigenvalue weighted by atomic mass is 9.82. The zero-order chi connectivity index (χ0) is 22.5. The van der Waals surface area contributed by atoms with Crippen LogP contribution in [0.4, 0.5) is 4.39 Å². The Balaban J connectivity index is 2.16. The molecule has 6 nitrogen and oxygen atoms in total. The molecular weight excluding hydrogens is 401 g/mol. The van der Waals surface area contributed by atoms with E-state index in [1.807, 2.05) is 13.0 Å². The number of amides is 1. The molecule has 7 heteroatoms. The number of ether oxygens (including phenoxy) is 3. The highest BCUT2D eigenvalue weighted by Crippen LogP contribution is 2.44. The van der Waals surface area contributed by atoms with Crippen molar-refractivity contribution < 1.29 is 28.2 Å². The van der Waals surface area contributed by atoms with Gasteiger partial charge in [-0.15, -0.1) is 0 Å². The van der Waals surface area contributed by atoms with Crippen LogP contribution < -0.4 is 9.47 Å². The van der Waals surface area contributed by atoms with Gasteiger partial charge in [-0.1, -0.05) is 37.3 Å². The van der Waals surface area contributed by atoms with Crippen molar-refractivity contribution in [2.75, 3.05) is 21.3 Å². The number of methoxy groups -OCH3 is 3. The van der Waals surface area contributed by atoms with Crippen LogP contribution >= 0.6 is 0 Å². The van der Waals surface area contributed by atoms with Crippen LogP contribution in [-0.2, 0) is 20.9 Å². The van der Waals surface area contributed by atoms with Crippen LogP contribution in [-0.4, -0.2) is 38.1 Å². The lowest BCUT2D eigenvalue weighted by Gasteiger charge is -2.36. The molecule has 1 heterocycles. The molecule has 0 aliphatic carbocycles. The van der Waals surface area contributed by atoms with E-state index in [1.54, 1.807) is 30.3 Å². The number of carbonyl (C=O) groups excluding carboxylic acids is 2. The first-order valence-electron chi connectivity index (χ1n) is 10.0. The van der Waals surface area contributed by atoms with E-state index < -0.39 is 17.7 Å². The molecule has 1 atom stereocenters. The number of para-hydroxylation sites is 1. The van der Waals surface area contributed by atoms with Crippen molar-refractivity contribution in [3.8, 4) is 11.5 Å². The van der Waals surface area contributed by atoms with Crippen molar-refractivity contribution in [2.45, 2.75) is 32.2 Å². The maximum absolute atomic E-state index is 14.3. The first kappa shape index (κ1) is 22.3. The van der Waals surface area contributed by atoms with Crippen molar-refractivity contribution in [1.29, 1.82) is 0 Å². The average Bonchev–Trinajstić information content (AvgIpc) is 2.79. The topological polar surface area (TPSA) is 65.1 Å². The first-order chi connectivity index (χ1) is 15.0. The first-order valence-corrected chi connectivity index (χ1v) is 10.0. The normalized spacial score (nSPS) is 16.4. The minimum Gasteiger partial charge on any atom is -0.493 e. The minimum absolute atomic E-state index is 0.0198. The summed E-state index contributed by atoms with van der Waals surface area (Å²) in [5.41, 5.74) is 1.92. The summed E-state index contributed by atoms with van der Waals surface area (Å²) in [5.74, 6) is -0.745. The lowest BCUT2D eigenvalue weighted by Crippen LogP contribution is -2.39. The molecule has 0 N–H and O–H groups in total. The number of esters is 1. The summed E-state index contributed by atoms with van der Waals surface area (Å²) in [6.07, 6.45) is 0.416. The number of benzene rings is 2. The lowest BCUT2D eigenvalue weighted by molar-refractivity contribution is -0.138. The summed E-state index contributed by atoms with van der Waals surface area (Å²) in [5, 5.41) is 0. The SMILES string of the molecule is CCC1=C(C(=O)OC)C(c2cccc(OC)c2OC)CC(=O)N1Cc1ccccc1F. The predicted octanol–water partition coefficient (Wildman–Crippen LogP) is 4.20. The van der Waals surface area contributed by atoms with Gasteiger partial charge in [0.05, 0.1) is 33.4 Å². The van der Waals surface area contributed by atoms with Gasteiger partial charge in [0.2, 0.25) is 5.91 Å². The number of allylic oxidation sites excluding steroid dienone is 1. The van der Waals surface area contributed by atoms with Gasteiger partial charge >= 0.3 is 5.97 Å². The Morgan fingerprint density at radius 1 is 1.10 bits per heavy atom. The molecule has 3 rings (SSSR count). The van der Waals surface area contributed by atoms with Crippen LogP contribution in [0.3, 0.4) is 0 Å². The average molecular weight is 427 g/mol. The van der Waals surface area contributed by atoms with E-state index in [0.29, 0.717) is 40.3 Å². The number of nitrogens with zero attached hydrogens (tertiary/aromatic N) is 1. The van der Waals surface area contributed by atoms with Crippen LogP contribution in [0.5, 0.6) is 11.5 Å². The predicted molar refractivity (Wildman–Crippen MR) is 113 cm³/mol. The summed E-state index contributed by atoms with van der Waals surface area (Å²) in [6.45, 7) is 1.89. The monoisotopic (exact) mass is 427 g/mol. The number of halogens is 1. The Labute approximate surface area is 181 Å². The van der Waals surface area contributed by atoms with E-state index in [9.17, 15) is 14.0 Å². The van der Waals surface area contributed by atoms with E-state index in [0.717, 1.165) is 0 Å². The van der Waals surface area contributed by atoms with Gasteiger partial charge in [0, 0.05) is 29.2 Å². The van der Waals surface area contributed by atoms with E-state index in [-0.39, 0.29) is 18.9 Å². The van der Waals surface area contributed by atoms with Crippen molar-refractivity contribution >= 4 is 11.9 Å². The van der Waals surface area contributed by atoms with Gasteiger partial charge in [-0.25, -0.2) is 9.18 Å². The number of hydrogen-bond acceptors (Lipinski definition) is 5. The molecule has 1 amide bonds. The molecule has 0 saturated heterocycles. The van der Waals surface area contributed by atoms with E-state index in [4.69, 9.17) is 14.2 Å². The summed E-state index contributed by atoms with van der Waals surface area (Å²) in [6, 6.07) is 11.6. The number of rotatable bonds is 7. The second-order valence-corrected chi connectivity index (χ2v) is 7.12. The molecule has 0 saturated carbocycles. The Kier molecular flexibility index (Phi) is 6.95. The summed E-state index contributed by atoms with van der Waals surface area (Å²) >= 11 is 0. The van der Waals surface area contributed by atoms with Crippen LogP contribution in [0.1, 0.15) is 36.8 Å². The highest BCUT2D eigenvalue weighted by molar-refractivity contribution is 5.96. The fourth-order valence-corrected chi connectivity index (χ4v) is 4.07. The molecule has 2 aromatic rings. The Hall–Kier alpha value is -3.35. The van der Waals surface area contributed by atoms with Crippen molar-refractivity contribution in [2.24, 2.45) is 0 Å². The summed E-state index contributed by atoms with van der Waals surface area (Å²) < 4.78 is 30.3. The molecule has 0 aromatic heterocycles. The largest absolute Gasteiger partial charge is 0.493 e. The molecule has 31 heavy (non-hydrogen) atoms. The third kappa shape index (κ3) is 4.26. The van der Waals surface area contributed by atoms with Gasteiger partial charge in [0.1, 0.15) is 5.82 Å². The van der Waals surface area contributed by atoms with Gasteiger partial charge in [-0.05, 0) is 18.6 Å². The molecule has 0 spiro atoms. The van der Waals surface area contributed by atoms with Crippen molar-refractivity contribution in [1.82, 2.24) is 4.90 Å². The maximum Gasteiger partial charge on any atom is 0.336 e. The van der Waals surface area contributed by atoms with Gasteiger partial charge in [-0.2, -0.15) is 0 Å². The highest BCUT2D eigenvalue weighted by Gasteiger charge is 2.39.